The van der Waals surface area contributed by atoms with Gasteiger partial charge in [-0.15, -0.1) is 11.8 Å². The minimum atomic E-state index is -0.327. The number of nitrogens with zero attached hydrogens (tertiary/aromatic N) is 3. The molecule has 0 aliphatic heterocycles. The van der Waals surface area contributed by atoms with Gasteiger partial charge >= 0.3 is 0 Å². The molecule has 0 unspecified atom stereocenters. The van der Waals surface area contributed by atoms with Gasteiger partial charge in [0, 0.05) is 21.5 Å². The van der Waals surface area contributed by atoms with E-state index in [1.54, 1.807) is 19.2 Å². The van der Waals surface area contributed by atoms with E-state index in [0.717, 1.165) is 15.8 Å². The normalized spacial score (nSPS) is 12.3. The van der Waals surface area contributed by atoms with Gasteiger partial charge in [0.2, 0.25) is 5.91 Å². The number of amides is 1. The molecular formula is C15H13ClN4O2S. The molecule has 6 nitrogen and oxygen atoms in total. The maximum atomic E-state index is 12.3. The van der Waals surface area contributed by atoms with Crippen LogP contribution in [0.25, 0.3) is 10.9 Å². The smallest absolute Gasteiger partial charge is 0.238 e. The van der Waals surface area contributed by atoms with Crippen molar-refractivity contribution >= 4 is 46.0 Å². The number of fused-ring (bicyclic) bond motifs is 1. The zero-order valence-corrected chi connectivity index (χ0v) is 14.0. The summed E-state index contributed by atoms with van der Waals surface area (Å²) in [6.45, 7) is 3.54. The maximum absolute atomic E-state index is 12.3. The number of nitrogens with one attached hydrogen (secondary N) is 1. The van der Waals surface area contributed by atoms with Gasteiger partial charge in [0.1, 0.15) is 5.69 Å². The molecule has 3 rings (SSSR count). The Labute approximate surface area is 141 Å². The van der Waals surface area contributed by atoms with Crippen LogP contribution in [-0.4, -0.2) is 26.5 Å². The molecule has 1 atom stereocenters. The molecule has 3 aromatic rings. The third-order valence-electron chi connectivity index (χ3n) is 3.23. The molecule has 0 radical (unpaired) electrons. The fourth-order valence-corrected chi connectivity index (χ4v) is 3.16. The fraction of sp³-hybridized carbons (Fsp3) is 0.200. The van der Waals surface area contributed by atoms with E-state index in [9.17, 15) is 4.79 Å². The Bertz CT molecular complexity index is 868. The highest BCUT2D eigenvalue weighted by Gasteiger charge is 2.18. The predicted octanol–water partition coefficient (Wildman–Crippen LogP) is 3.70. The fourth-order valence-electron chi connectivity index (χ4n) is 2.01. The lowest BCUT2D eigenvalue weighted by Crippen LogP contribution is -2.23. The first kappa shape index (κ1) is 15.8. The lowest BCUT2D eigenvalue weighted by molar-refractivity contribution is -0.115. The van der Waals surface area contributed by atoms with Crippen LogP contribution in [0.5, 0.6) is 0 Å². The minimum absolute atomic E-state index is 0.173. The van der Waals surface area contributed by atoms with Crippen LogP contribution < -0.4 is 5.32 Å². The van der Waals surface area contributed by atoms with E-state index < -0.39 is 0 Å². The minimum Gasteiger partial charge on any atom is -0.305 e. The first-order valence-corrected chi connectivity index (χ1v) is 8.11. The van der Waals surface area contributed by atoms with Crippen LogP contribution in [-0.2, 0) is 4.79 Å². The third-order valence-corrected chi connectivity index (χ3v) is 4.64. The monoisotopic (exact) mass is 348 g/mol. The maximum Gasteiger partial charge on any atom is 0.238 e. The molecule has 1 aromatic carbocycles. The average molecular weight is 349 g/mol. The number of hydrogen-bond donors (Lipinski definition) is 1. The molecule has 0 spiro atoms. The second-order valence-corrected chi connectivity index (χ2v) is 6.74. The summed E-state index contributed by atoms with van der Waals surface area (Å²) in [5.74, 6) is 0.168. The van der Waals surface area contributed by atoms with E-state index in [4.69, 9.17) is 11.6 Å². The van der Waals surface area contributed by atoms with E-state index in [-0.39, 0.29) is 11.2 Å². The van der Waals surface area contributed by atoms with Crippen molar-refractivity contribution in [2.75, 3.05) is 5.32 Å². The van der Waals surface area contributed by atoms with Crippen molar-refractivity contribution in [3.63, 3.8) is 0 Å². The molecule has 0 fully saturated rings. The standard InChI is InChI=1S/C15H13ClN4O2S/c1-8-14(20-22-19-8)18-15(21)9(2)23-13-5-6-17-12-7-10(16)3-4-11(12)13/h3-7,9H,1-2H3,(H,18,20,21)/t9-/m0/s1. The van der Waals surface area contributed by atoms with Crippen LogP contribution in [0, 0.1) is 6.92 Å². The number of carbonyl (C=O) groups is 1. The topological polar surface area (TPSA) is 80.9 Å². The Balaban J connectivity index is 1.78. The number of anilines is 1. The van der Waals surface area contributed by atoms with Crippen molar-refractivity contribution in [1.82, 2.24) is 15.3 Å². The van der Waals surface area contributed by atoms with Gasteiger partial charge in [0.05, 0.1) is 10.8 Å². The van der Waals surface area contributed by atoms with Crippen molar-refractivity contribution in [3.05, 3.63) is 41.2 Å². The summed E-state index contributed by atoms with van der Waals surface area (Å²) in [4.78, 5) is 17.5. The molecule has 0 aliphatic carbocycles. The molecule has 118 valence electrons. The zero-order valence-electron chi connectivity index (χ0n) is 12.4. The van der Waals surface area contributed by atoms with Crippen LogP contribution in [0.4, 0.5) is 5.82 Å². The van der Waals surface area contributed by atoms with Gasteiger partial charge in [-0.25, -0.2) is 4.63 Å². The van der Waals surface area contributed by atoms with E-state index in [1.165, 1.54) is 11.8 Å². The van der Waals surface area contributed by atoms with E-state index in [2.05, 4.69) is 25.2 Å². The van der Waals surface area contributed by atoms with Gasteiger partial charge < -0.3 is 5.32 Å². The Morgan fingerprint density at radius 3 is 2.91 bits per heavy atom. The zero-order chi connectivity index (χ0) is 16.4. The number of thioether (sulfide) groups is 1. The summed E-state index contributed by atoms with van der Waals surface area (Å²) >= 11 is 7.43. The Morgan fingerprint density at radius 2 is 2.17 bits per heavy atom. The van der Waals surface area contributed by atoms with Crippen LogP contribution >= 0.6 is 23.4 Å². The van der Waals surface area contributed by atoms with E-state index >= 15 is 0 Å². The van der Waals surface area contributed by atoms with E-state index in [0.29, 0.717) is 16.5 Å². The SMILES string of the molecule is Cc1nonc1NC(=O)[C@H](C)Sc1ccnc2cc(Cl)ccc12. The number of rotatable bonds is 4. The number of aromatic nitrogens is 3. The Kier molecular flexibility index (Phi) is 4.49. The molecule has 23 heavy (non-hydrogen) atoms. The summed E-state index contributed by atoms with van der Waals surface area (Å²) in [7, 11) is 0. The van der Waals surface area contributed by atoms with Crippen molar-refractivity contribution in [2.24, 2.45) is 0 Å². The predicted molar refractivity (Wildman–Crippen MR) is 89.7 cm³/mol. The summed E-state index contributed by atoms with van der Waals surface area (Å²) in [6.07, 6.45) is 1.71. The number of benzene rings is 1. The highest BCUT2D eigenvalue weighted by molar-refractivity contribution is 8.00. The molecule has 0 saturated carbocycles. The van der Waals surface area contributed by atoms with Crippen LogP contribution in [0.2, 0.25) is 5.02 Å². The van der Waals surface area contributed by atoms with Gasteiger partial charge in [-0.05, 0) is 37.2 Å². The van der Waals surface area contributed by atoms with Gasteiger partial charge in [-0.2, -0.15) is 0 Å². The summed E-state index contributed by atoms with van der Waals surface area (Å²) < 4.78 is 4.57. The average Bonchev–Trinajstić information content (AvgIpc) is 2.92. The van der Waals surface area contributed by atoms with E-state index in [1.807, 2.05) is 25.1 Å². The molecule has 0 bridgehead atoms. The van der Waals surface area contributed by atoms with Crippen molar-refractivity contribution in [1.29, 1.82) is 0 Å². The van der Waals surface area contributed by atoms with Gasteiger partial charge in [0.25, 0.3) is 0 Å². The van der Waals surface area contributed by atoms with Crippen molar-refractivity contribution in [2.45, 2.75) is 24.0 Å². The summed E-state index contributed by atoms with van der Waals surface area (Å²) in [5.41, 5.74) is 1.34. The number of halogens is 1. The molecule has 0 aliphatic rings. The number of aryl methyl sites for hydroxylation is 1. The second kappa shape index (κ2) is 6.55. The Hall–Kier alpha value is -2.12. The highest BCUT2D eigenvalue weighted by Crippen LogP contribution is 2.31. The molecule has 8 heteroatoms. The first-order valence-electron chi connectivity index (χ1n) is 6.85. The molecule has 2 heterocycles. The van der Waals surface area contributed by atoms with Crippen LogP contribution in [0.15, 0.2) is 40.0 Å². The van der Waals surface area contributed by atoms with Crippen LogP contribution in [0.1, 0.15) is 12.6 Å². The van der Waals surface area contributed by atoms with Gasteiger partial charge in [0.15, 0.2) is 5.82 Å². The van der Waals surface area contributed by atoms with Gasteiger partial charge in [-0.3, -0.25) is 9.78 Å². The number of carbonyl (C=O) groups excluding carboxylic acids is 1. The molecule has 0 saturated heterocycles. The van der Waals surface area contributed by atoms with Crippen molar-refractivity contribution < 1.29 is 9.42 Å². The summed E-state index contributed by atoms with van der Waals surface area (Å²) in [5, 5.41) is 11.3. The van der Waals surface area contributed by atoms with Gasteiger partial charge in [-0.1, -0.05) is 22.8 Å². The third kappa shape index (κ3) is 3.46. The summed E-state index contributed by atoms with van der Waals surface area (Å²) in [6, 6.07) is 7.40. The lowest BCUT2D eigenvalue weighted by Gasteiger charge is -2.12. The molecule has 1 N–H and O–H groups in total. The molecular weight excluding hydrogens is 336 g/mol. The lowest BCUT2D eigenvalue weighted by atomic mass is 10.2. The number of hydrogen-bond acceptors (Lipinski definition) is 6. The number of pyridine rings is 1. The second-order valence-electron chi connectivity index (χ2n) is 4.92. The molecule has 2 aromatic heterocycles. The first-order chi connectivity index (χ1) is 11.0. The largest absolute Gasteiger partial charge is 0.305 e. The highest BCUT2D eigenvalue weighted by atomic mass is 35.5. The molecule has 1 amide bonds. The quantitative estimate of drug-likeness (QED) is 0.724. The van der Waals surface area contributed by atoms with Crippen molar-refractivity contribution in [3.8, 4) is 0 Å². The van der Waals surface area contributed by atoms with Crippen LogP contribution in [0.3, 0.4) is 0 Å². The Morgan fingerprint density at radius 1 is 1.35 bits per heavy atom.